The van der Waals surface area contributed by atoms with Crippen LogP contribution in [0.25, 0.3) is 83.9 Å². The molecule has 0 radical (unpaired) electrons. The zero-order chi connectivity index (χ0) is 39.3. The van der Waals surface area contributed by atoms with Gasteiger partial charge in [0.05, 0.1) is 27.8 Å². The van der Waals surface area contributed by atoms with Gasteiger partial charge in [-0.2, -0.15) is 26.3 Å². The molecule has 2 heterocycles. The Bertz CT molecular complexity index is 2830. The second kappa shape index (κ2) is 13.9. The van der Waals surface area contributed by atoms with Crippen LogP contribution in [0.5, 0.6) is 0 Å². The van der Waals surface area contributed by atoms with Crippen LogP contribution in [-0.2, 0) is 12.4 Å². The highest BCUT2D eigenvalue weighted by atomic mass is 19.4. The first-order chi connectivity index (χ1) is 27.5. The van der Waals surface area contributed by atoms with Crippen molar-refractivity contribution in [2.45, 2.75) is 12.4 Å². The molecule has 10 heteroatoms. The molecule has 0 atom stereocenters. The molecule has 0 saturated heterocycles. The normalized spacial score (nSPS) is 12.0. The Labute approximate surface area is 322 Å². The van der Waals surface area contributed by atoms with E-state index in [1.165, 1.54) is 6.07 Å². The Morgan fingerprint density at radius 1 is 0.351 bits per heavy atom. The number of benzene rings is 7. The number of alkyl halides is 6. The highest BCUT2D eigenvalue weighted by Crippen LogP contribution is 2.42. The largest absolute Gasteiger partial charge is 0.416 e. The molecule has 0 spiro atoms. The maximum absolute atomic E-state index is 14.1. The third-order valence-corrected chi connectivity index (χ3v) is 9.88. The summed E-state index contributed by atoms with van der Waals surface area (Å²) < 4.78 is 86.7. The molecule has 0 saturated carbocycles. The molecule has 0 aliphatic rings. The topological polar surface area (TPSA) is 43.6 Å². The van der Waals surface area contributed by atoms with Gasteiger partial charge in [0, 0.05) is 27.5 Å². The highest BCUT2D eigenvalue weighted by molar-refractivity contribution is 6.10. The Morgan fingerprint density at radius 2 is 0.825 bits per heavy atom. The zero-order valence-corrected chi connectivity index (χ0v) is 29.7. The molecule has 57 heavy (non-hydrogen) atoms. The van der Waals surface area contributed by atoms with Gasteiger partial charge in [-0.3, -0.25) is 0 Å². The maximum atomic E-state index is 14.1. The number of hydrogen-bond acceptors (Lipinski definition) is 3. The fourth-order valence-electron chi connectivity index (χ4n) is 7.18. The summed E-state index contributed by atoms with van der Waals surface area (Å²) in [6.45, 7) is 0. The van der Waals surface area contributed by atoms with Gasteiger partial charge in [-0.15, -0.1) is 0 Å². The monoisotopic (exact) mass is 762 g/mol. The number of rotatable bonds is 6. The van der Waals surface area contributed by atoms with Gasteiger partial charge in [0.15, 0.2) is 17.5 Å². The molecular weight excluding hydrogens is 735 g/mol. The summed E-state index contributed by atoms with van der Waals surface area (Å²) >= 11 is 0. The van der Waals surface area contributed by atoms with E-state index in [1.807, 2.05) is 138 Å². The van der Waals surface area contributed by atoms with E-state index in [2.05, 4.69) is 0 Å². The van der Waals surface area contributed by atoms with Crippen molar-refractivity contribution in [3.8, 4) is 62.1 Å². The summed E-state index contributed by atoms with van der Waals surface area (Å²) in [5.74, 6) is 1.03. The van der Waals surface area contributed by atoms with Crippen molar-refractivity contribution in [3.05, 3.63) is 181 Å². The maximum Gasteiger partial charge on any atom is 0.416 e. The fourth-order valence-corrected chi connectivity index (χ4v) is 7.18. The first-order valence-electron chi connectivity index (χ1n) is 17.9. The molecule has 278 valence electrons. The Morgan fingerprint density at radius 3 is 1.40 bits per heavy atom. The average molecular weight is 763 g/mol. The van der Waals surface area contributed by atoms with Gasteiger partial charge in [0.2, 0.25) is 0 Å². The van der Waals surface area contributed by atoms with Crippen molar-refractivity contribution in [3.63, 3.8) is 0 Å². The van der Waals surface area contributed by atoms with Gasteiger partial charge < -0.3 is 4.57 Å². The van der Waals surface area contributed by atoms with Crippen LogP contribution < -0.4 is 0 Å². The lowest BCUT2D eigenvalue weighted by Crippen LogP contribution is -2.11. The van der Waals surface area contributed by atoms with Gasteiger partial charge >= 0.3 is 12.4 Å². The molecule has 0 fully saturated rings. The van der Waals surface area contributed by atoms with Gasteiger partial charge in [0.25, 0.3) is 0 Å². The van der Waals surface area contributed by atoms with E-state index in [4.69, 9.17) is 15.0 Å². The summed E-state index contributed by atoms with van der Waals surface area (Å²) in [5, 5.41) is 1.79. The summed E-state index contributed by atoms with van der Waals surface area (Å²) in [6, 6.07) is 48.7. The van der Waals surface area contributed by atoms with Gasteiger partial charge in [-0.25, -0.2) is 15.0 Å². The zero-order valence-electron chi connectivity index (χ0n) is 29.7. The first kappa shape index (κ1) is 35.6. The van der Waals surface area contributed by atoms with Crippen LogP contribution in [0.1, 0.15) is 11.1 Å². The number of nitrogens with zero attached hydrogens (tertiary/aromatic N) is 4. The van der Waals surface area contributed by atoms with Crippen molar-refractivity contribution in [2.75, 3.05) is 0 Å². The van der Waals surface area contributed by atoms with Crippen LogP contribution in [0.2, 0.25) is 0 Å². The molecule has 0 N–H and O–H groups in total. The molecule has 0 aliphatic carbocycles. The molecule has 4 nitrogen and oxygen atoms in total. The minimum absolute atomic E-state index is 0.135. The van der Waals surface area contributed by atoms with Crippen LogP contribution in [0.3, 0.4) is 0 Å². The van der Waals surface area contributed by atoms with Gasteiger partial charge in [-0.05, 0) is 64.7 Å². The van der Waals surface area contributed by atoms with Crippen LogP contribution in [-0.4, -0.2) is 19.5 Å². The molecule has 9 aromatic rings. The lowest BCUT2D eigenvalue weighted by Gasteiger charge is -2.18. The van der Waals surface area contributed by atoms with Crippen molar-refractivity contribution >= 4 is 21.8 Å². The van der Waals surface area contributed by atoms with E-state index in [0.29, 0.717) is 22.9 Å². The summed E-state index contributed by atoms with van der Waals surface area (Å²) in [7, 11) is 0. The number of fused-ring (bicyclic) bond motifs is 3. The lowest BCUT2D eigenvalue weighted by atomic mass is 9.97. The van der Waals surface area contributed by atoms with Gasteiger partial charge in [-0.1, -0.05) is 127 Å². The van der Waals surface area contributed by atoms with Crippen LogP contribution >= 0.6 is 0 Å². The van der Waals surface area contributed by atoms with E-state index in [-0.39, 0.29) is 23.0 Å². The fraction of sp³-hybridized carbons (Fsp3) is 0.0426. The van der Waals surface area contributed by atoms with Crippen LogP contribution in [0, 0.1) is 0 Å². The average Bonchev–Trinajstić information content (AvgIpc) is 3.57. The Kier molecular flexibility index (Phi) is 8.69. The number of para-hydroxylation sites is 1. The highest BCUT2D eigenvalue weighted by Gasteiger charge is 2.37. The van der Waals surface area contributed by atoms with E-state index in [1.54, 1.807) is 12.1 Å². The van der Waals surface area contributed by atoms with Crippen molar-refractivity contribution in [1.29, 1.82) is 0 Å². The molecule has 0 bridgehead atoms. The standard InChI is InChI=1S/C47H28F6N4/c48-46(49,50)35-24-34(25-36(28-35)47(51,52)53)33-21-23-39(45-55-43(30-14-6-2-7-15-30)54-44(56-45)31-16-8-3-9-17-31)42(27-33)57-40-19-11-10-18-37(40)38-22-20-32(26-41(38)57)29-12-4-1-5-13-29/h1-28H. The molecule has 2 aromatic heterocycles. The van der Waals surface area contributed by atoms with Crippen molar-refractivity contribution in [1.82, 2.24) is 19.5 Å². The molecule has 9 rings (SSSR count). The van der Waals surface area contributed by atoms with E-state index in [0.717, 1.165) is 56.2 Å². The quantitative estimate of drug-likeness (QED) is 0.158. The summed E-state index contributed by atoms with van der Waals surface area (Å²) in [6.07, 6.45) is -10.0. The molecule has 7 aromatic carbocycles. The van der Waals surface area contributed by atoms with Gasteiger partial charge in [0.1, 0.15) is 0 Å². The SMILES string of the molecule is FC(F)(F)c1cc(-c2ccc(-c3nc(-c4ccccc4)nc(-c4ccccc4)n3)c(-n3c4ccccc4c4ccc(-c5ccccc5)cc43)c2)cc(C(F)(F)F)c1. The number of hydrogen-bond donors (Lipinski definition) is 0. The smallest absolute Gasteiger partial charge is 0.308 e. The second-order valence-corrected chi connectivity index (χ2v) is 13.5. The molecule has 0 amide bonds. The summed E-state index contributed by atoms with van der Waals surface area (Å²) in [4.78, 5) is 14.7. The molecule has 0 unspecified atom stereocenters. The van der Waals surface area contributed by atoms with E-state index < -0.39 is 23.5 Å². The summed E-state index contributed by atoms with van der Waals surface area (Å²) in [5.41, 5.74) is 2.85. The van der Waals surface area contributed by atoms with Crippen molar-refractivity contribution in [2.24, 2.45) is 0 Å². The number of aromatic nitrogens is 4. The predicted molar refractivity (Wildman–Crippen MR) is 211 cm³/mol. The molecule has 0 aliphatic heterocycles. The Hall–Kier alpha value is -7.07. The van der Waals surface area contributed by atoms with Crippen molar-refractivity contribution < 1.29 is 26.3 Å². The Balaban J connectivity index is 1.38. The minimum Gasteiger partial charge on any atom is -0.308 e. The van der Waals surface area contributed by atoms with Crippen LogP contribution in [0.4, 0.5) is 26.3 Å². The number of halogens is 6. The minimum atomic E-state index is -5.02. The first-order valence-corrected chi connectivity index (χ1v) is 17.9. The predicted octanol–water partition coefficient (Wildman–Crippen LogP) is 13.3. The van der Waals surface area contributed by atoms with E-state index in [9.17, 15) is 26.3 Å². The third-order valence-electron chi connectivity index (χ3n) is 9.88. The van der Waals surface area contributed by atoms with Crippen LogP contribution in [0.15, 0.2) is 170 Å². The molecular formula is C47H28F6N4. The van der Waals surface area contributed by atoms with E-state index >= 15 is 0 Å². The lowest BCUT2D eigenvalue weighted by molar-refractivity contribution is -0.143. The second-order valence-electron chi connectivity index (χ2n) is 13.5. The third kappa shape index (κ3) is 6.80.